The van der Waals surface area contributed by atoms with Crippen LogP contribution in [0.2, 0.25) is 0 Å². The van der Waals surface area contributed by atoms with Crippen LogP contribution in [0, 0.1) is 0 Å². The van der Waals surface area contributed by atoms with Gasteiger partial charge in [-0.05, 0) is 18.9 Å². The Morgan fingerprint density at radius 1 is 1.42 bits per heavy atom. The molecule has 0 aliphatic heterocycles. The van der Waals surface area contributed by atoms with Gasteiger partial charge >= 0.3 is 12.1 Å². The fourth-order valence-electron chi connectivity index (χ4n) is 1.54. The molecule has 0 aliphatic rings. The molecule has 0 fully saturated rings. The second kappa shape index (κ2) is 7.60. The molecule has 1 amide bonds. The van der Waals surface area contributed by atoms with Crippen LogP contribution in [0.1, 0.15) is 26.7 Å². The number of carboxylic acids is 1. The van der Waals surface area contributed by atoms with Gasteiger partial charge in [-0.3, -0.25) is 4.79 Å². The fourth-order valence-corrected chi connectivity index (χ4v) is 1.54. The molecule has 0 heterocycles. The van der Waals surface area contributed by atoms with Crippen molar-refractivity contribution < 1.29 is 27.9 Å². The Bertz CT molecular complexity index is 386. The number of allylic oxidation sites excluding steroid dienone is 3. The summed E-state index contributed by atoms with van der Waals surface area (Å²) in [5.41, 5.74) is -1.02. The first-order valence-electron chi connectivity index (χ1n) is 5.63. The van der Waals surface area contributed by atoms with Crippen molar-refractivity contribution in [3.05, 3.63) is 23.3 Å². The predicted octanol–water partition coefficient (Wildman–Crippen LogP) is 2.42. The van der Waals surface area contributed by atoms with Gasteiger partial charge in [-0.25, -0.2) is 4.79 Å². The number of nitrogens with one attached hydrogen (secondary N) is 1. The molecule has 0 saturated carbocycles. The standard InChI is InChI=1S/C12H16F3NO3/c1-3-5-9(12(13,14)15)8(4-2)6-10(11(18)19)16-7-17/h4-5,7,10H,3,6H2,1-2H3,(H,16,17)(H,18,19)/b8-4-,9-5+. The van der Waals surface area contributed by atoms with Crippen molar-refractivity contribution in [2.24, 2.45) is 0 Å². The van der Waals surface area contributed by atoms with Crippen LogP contribution in [0.5, 0.6) is 0 Å². The highest BCUT2D eigenvalue weighted by atomic mass is 19.4. The van der Waals surface area contributed by atoms with Gasteiger partial charge in [-0.15, -0.1) is 0 Å². The number of carboxylic acid groups (broad SMARTS) is 1. The summed E-state index contributed by atoms with van der Waals surface area (Å²) in [6.07, 6.45) is -2.45. The summed E-state index contributed by atoms with van der Waals surface area (Å²) in [6.45, 7) is 2.95. The number of hydrogen-bond donors (Lipinski definition) is 2. The topological polar surface area (TPSA) is 66.4 Å². The van der Waals surface area contributed by atoms with E-state index >= 15 is 0 Å². The van der Waals surface area contributed by atoms with Gasteiger partial charge in [0.05, 0.1) is 5.57 Å². The largest absolute Gasteiger partial charge is 0.480 e. The first-order chi connectivity index (χ1) is 8.77. The van der Waals surface area contributed by atoms with Crippen molar-refractivity contribution in [1.29, 1.82) is 0 Å². The minimum Gasteiger partial charge on any atom is -0.480 e. The van der Waals surface area contributed by atoms with Gasteiger partial charge in [0.1, 0.15) is 6.04 Å². The van der Waals surface area contributed by atoms with Crippen molar-refractivity contribution in [3.63, 3.8) is 0 Å². The van der Waals surface area contributed by atoms with E-state index in [9.17, 15) is 22.8 Å². The second-order valence-electron chi connectivity index (χ2n) is 3.72. The van der Waals surface area contributed by atoms with Crippen molar-refractivity contribution in [2.45, 2.75) is 38.9 Å². The van der Waals surface area contributed by atoms with Crippen LogP contribution in [0.25, 0.3) is 0 Å². The maximum Gasteiger partial charge on any atom is 0.416 e. The van der Waals surface area contributed by atoms with Gasteiger partial charge in [-0.1, -0.05) is 19.1 Å². The third-order valence-electron chi connectivity index (χ3n) is 2.40. The lowest BCUT2D eigenvalue weighted by molar-refractivity contribution is -0.140. The molecule has 0 aromatic rings. The summed E-state index contributed by atoms with van der Waals surface area (Å²) in [7, 11) is 0. The summed E-state index contributed by atoms with van der Waals surface area (Å²) in [6, 6.07) is -1.38. The Labute approximate surface area is 109 Å². The van der Waals surface area contributed by atoms with Gasteiger partial charge in [0, 0.05) is 6.42 Å². The molecule has 4 nitrogen and oxygen atoms in total. The highest BCUT2D eigenvalue weighted by Gasteiger charge is 2.36. The van der Waals surface area contributed by atoms with Crippen LogP contribution in [-0.4, -0.2) is 29.7 Å². The van der Waals surface area contributed by atoms with Crippen LogP contribution in [0.4, 0.5) is 13.2 Å². The molecule has 1 unspecified atom stereocenters. The Hall–Kier alpha value is -1.79. The monoisotopic (exact) mass is 279 g/mol. The molecule has 0 aromatic carbocycles. The van der Waals surface area contributed by atoms with Crippen molar-refractivity contribution in [3.8, 4) is 0 Å². The SMILES string of the molecule is C/C=C(CC(NC=O)C(=O)O)\C(=C/CC)C(F)(F)F. The van der Waals surface area contributed by atoms with E-state index in [0.717, 1.165) is 6.08 Å². The maximum absolute atomic E-state index is 12.8. The van der Waals surface area contributed by atoms with Gasteiger partial charge < -0.3 is 10.4 Å². The quantitative estimate of drug-likeness (QED) is 0.555. The molecule has 2 N–H and O–H groups in total. The predicted molar refractivity (Wildman–Crippen MR) is 63.4 cm³/mol. The molecular formula is C12H16F3NO3. The van der Waals surface area contributed by atoms with Crippen LogP contribution >= 0.6 is 0 Å². The average Bonchev–Trinajstić information content (AvgIpc) is 2.30. The Morgan fingerprint density at radius 3 is 2.32 bits per heavy atom. The Balaban J connectivity index is 5.25. The molecule has 1 atom stereocenters. The normalized spacial score (nSPS) is 15.0. The fraction of sp³-hybridized carbons (Fsp3) is 0.500. The number of carbonyl (C=O) groups is 2. The zero-order valence-electron chi connectivity index (χ0n) is 10.6. The Kier molecular flexibility index (Phi) is 6.89. The molecule has 0 aromatic heterocycles. The van der Waals surface area contributed by atoms with Gasteiger partial charge in [0.2, 0.25) is 6.41 Å². The number of carbonyl (C=O) groups excluding carboxylic acids is 1. The molecule has 0 rings (SSSR count). The minimum atomic E-state index is -4.55. The third kappa shape index (κ3) is 5.58. The smallest absolute Gasteiger partial charge is 0.416 e. The zero-order valence-corrected chi connectivity index (χ0v) is 10.6. The van der Waals surface area contributed by atoms with E-state index < -0.39 is 30.2 Å². The van der Waals surface area contributed by atoms with Crippen LogP contribution < -0.4 is 5.32 Å². The lowest BCUT2D eigenvalue weighted by Crippen LogP contribution is -2.36. The van der Waals surface area contributed by atoms with Crippen LogP contribution in [-0.2, 0) is 9.59 Å². The number of amides is 1. The maximum atomic E-state index is 12.8. The van der Waals surface area contributed by atoms with E-state index in [-0.39, 0.29) is 18.4 Å². The third-order valence-corrected chi connectivity index (χ3v) is 2.40. The molecule has 19 heavy (non-hydrogen) atoms. The first-order valence-corrected chi connectivity index (χ1v) is 5.63. The molecular weight excluding hydrogens is 263 g/mol. The highest BCUT2D eigenvalue weighted by Crippen LogP contribution is 2.33. The number of hydrogen-bond acceptors (Lipinski definition) is 2. The van der Waals surface area contributed by atoms with E-state index in [1.807, 2.05) is 5.32 Å². The summed E-state index contributed by atoms with van der Waals surface area (Å²) in [5.74, 6) is -1.38. The summed E-state index contributed by atoms with van der Waals surface area (Å²) >= 11 is 0. The lowest BCUT2D eigenvalue weighted by Gasteiger charge is -2.18. The number of alkyl halides is 3. The average molecular weight is 279 g/mol. The van der Waals surface area contributed by atoms with Crippen molar-refractivity contribution >= 4 is 12.4 Å². The molecule has 0 spiro atoms. The van der Waals surface area contributed by atoms with Crippen molar-refractivity contribution in [2.75, 3.05) is 0 Å². The van der Waals surface area contributed by atoms with E-state index in [2.05, 4.69) is 0 Å². The van der Waals surface area contributed by atoms with E-state index in [1.54, 1.807) is 6.92 Å². The first kappa shape index (κ1) is 17.2. The number of rotatable bonds is 7. The molecule has 0 radical (unpaired) electrons. The molecule has 0 saturated heterocycles. The van der Waals surface area contributed by atoms with E-state index in [0.29, 0.717) is 0 Å². The lowest BCUT2D eigenvalue weighted by atomic mass is 9.97. The van der Waals surface area contributed by atoms with Gasteiger partial charge in [0.15, 0.2) is 0 Å². The molecule has 108 valence electrons. The molecule has 0 bridgehead atoms. The van der Waals surface area contributed by atoms with E-state index in [1.165, 1.54) is 13.0 Å². The van der Waals surface area contributed by atoms with Gasteiger partial charge in [0.25, 0.3) is 0 Å². The molecule has 0 aliphatic carbocycles. The second-order valence-corrected chi connectivity index (χ2v) is 3.72. The van der Waals surface area contributed by atoms with Crippen LogP contribution in [0.3, 0.4) is 0 Å². The highest BCUT2D eigenvalue weighted by molar-refractivity contribution is 5.76. The number of aliphatic carboxylic acids is 1. The molecule has 7 heteroatoms. The van der Waals surface area contributed by atoms with Gasteiger partial charge in [-0.2, -0.15) is 13.2 Å². The minimum absolute atomic E-state index is 0.156. The Morgan fingerprint density at radius 2 is 2.00 bits per heavy atom. The van der Waals surface area contributed by atoms with E-state index in [4.69, 9.17) is 5.11 Å². The summed E-state index contributed by atoms with van der Waals surface area (Å²) in [5, 5.41) is 10.8. The van der Waals surface area contributed by atoms with Crippen molar-refractivity contribution in [1.82, 2.24) is 5.32 Å². The summed E-state index contributed by atoms with van der Waals surface area (Å²) < 4.78 is 38.5. The number of halogens is 3. The van der Waals surface area contributed by atoms with Crippen LogP contribution in [0.15, 0.2) is 23.3 Å². The zero-order chi connectivity index (χ0) is 15.1. The summed E-state index contributed by atoms with van der Waals surface area (Å²) in [4.78, 5) is 21.1.